The lowest BCUT2D eigenvalue weighted by atomic mass is 9.91. The molecule has 3 rings (SSSR count). The number of nitrogen functional groups attached to an aromatic ring is 1. The average Bonchev–Trinajstić information content (AvgIpc) is 2.55. The van der Waals surface area contributed by atoms with Gasteiger partial charge in [0.1, 0.15) is 11.5 Å². The van der Waals surface area contributed by atoms with Crippen LogP contribution in [-0.2, 0) is 0 Å². The molecule has 1 aromatic carbocycles. The molecule has 0 radical (unpaired) electrons. The van der Waals surface area contributed by atoms with Crippen molar-refractivity contribution >= 4 is 11.6 Å². The lowest BCUT2D eigenvalue weighted by molar-refractivity contribution is 0.363. The van der Waals surface area contributed by atoms with E-state index in [1.165, 1.54) is 0 Å². The molecule has 118 valence electrons. The summed E-state index contributed by atoms with van der Waals surface area (Å²) in [6.07, 6.45) is 3.60. The highest BCUT2D eigenvalue weighted by molar-refractivity contribution is 5.71. The van der Waals surface area contributed by atoms with Crippen LogP contribution >= 0.6 is 0 Å². The number of nitrogens with zero attached hydrogens (tertiary/aromatic N) is 4. The fraction of sp³-hybridized carbons (Fsp3) is 0.353. The van der Waals surface area contributed by atoms with Gasteiger partial charge in [0.15, 0.2) is 5.82 Å². The molecule has 0 unspecified atom stereocenters. The SMILES string of the molecule is CC1(N)CCN(c2cnc(-c3ccc(C#N)cc3)c(N)n2)CC1. The van der Waals surface area contributed by atoms with E-state index in [1.54, 1.807) is 18.3 Å². The van der Waals surface area contributed by atoms with E-state index >= 15 is 0 Å². The smallest absolute Gasteiger partial charge is 0.152 e. The van der Waals surface area contributed by atoms with Crippen LogP contribution in [0.5, 0.6) is 0 Å². The van der Waals surface area contributed by atoms with Gasteiger partial charge in [-0.15, -0.1) is 0 Å². The Kier molecular flexibility index (Phi) is 3.89. The Morgan fingerprint density at radius 1 is 1.22 bits per heavy atom. The van der Waals surface area contributed by atoms with E-state index in [0.717, 1.165) is 37.3 Å². The number of benzene rings is 1. The van der Waals surface area contributed by atoms with Crippen LogP contribution in [0.15, 0.2) is 30.5 Å². The lowest BCUT2D eigenvalue weighted by Crippen LogP contribution is -2.48. The first-order chi connectivity index (χ1) is 11.0. The van der Waals surface area contributed by atoms with Crippen molar-refractivity contribution in [3.8, 4) is 17.3 Å². The monoisotopic (exact) mass is 308 g/mol. The minimum atomic E-state index is -0.0993. The number of hydrogen-bond donors (Lipinski definition) is 2. The standard InChI is InChI=1S/C17H20N6/c1-17(20)6-8-23(9-7-17)14-11-21-15(16(19)22-14)13-4-2-12(10-18)3-5-13/h2-5,11H,6-9,20H2,1H3,(H2,19,22). The molecule has 1 aliphatic heterocycles. The molecule has 2 aromatic rings. The summed E-state index contributed by atoms with van der Waals surface area (Å²) in [6, 6.07) is 9.25. The van der Waals surface area contributed by atoms with Gasteiger partial charge in [-0.3, -0.25) is 0 Å². The summed E-state index contributed by atoms with van der Waals surface area (Å²) in [4.78, 5) is 11.1. The first-order valence-corrected chi connectivity index (χ1v) is 7.65. The largest absolute Gasteiger partial charge is 0.382 e. The van der Waals surface area contributed by atoms with E-state index in [-0.39, 0.29) is 5.54 Å². The van der Waals surface area contributed by atoms with E-state index in [2.05, 4.69) is 27.9 Å². The summed E-state index contributed by atoms with van der Waals surface area (Å²) < 4.78 is 0. The number of piperidine rings is 1. The number of nitriles is 1. The second-order valence-corrected chi connectivity index (χ2v) is 6.29. The zero-order chi connectivity index (χ0) is 16.4. The Morgan fingerprint density at radius 2 is 1.87 bits per heavy atom. The summed E-state index contributed by atoms with van der Waals surface area (Å²) in [7, 11) is 0. The third kappa shape index (κ3) is 3.25. The molecule has 0 bridgehead atoms. The minimum absolute atomic E-state index is 0.0993. The lowest BCUT2D eigenvalue weighted by Gasteiger charge is -2.37. The number of nitrogens with two attached hydrogens (primary N) is 2. The quantitative estimate of drug-likeness (QED) is 0.878. The van der Waals surface area contributed by atoms with Crippen molar-refractivity contribution in [1.29, 1.82) is 5.26 Å². The van der Waals surface area contributed by atoms with Gasteiger partial charge in [0.05, 0.1) is 17.8 Å². The van der Waals surface area contributed by atoms with Crippen LogP contribution in [-0.4, -0.2) is 28.6 Å². The van der Waals surface area contributed by atoms with Crippen LogP contribution in [0.25, 0.3) is 11.3 Å². The highest BCUT2D eigenvalue weighted by Crippen LogP contribution is 2.27. The third-order valence-corrected chi connectivity index (χ3v) is 4.30. The van der Waals surface area contributed by atoms with Gasteiger partial charge in [0.25, 0.3) is 0 Å². The van der Waals surface area contributed by atoms with Crippen LogP contribution in [0.3, 0.4) is 0 Å². The fourth-order valence-corrected chi connectivity index (χ4v) is 2.72. The van der Waals surface area contributed by atoms with Crippen molar-refractivity contribution in [2.75, 3.05) is 23.7 Å². The number of hydrogen-bond acceptors (Lipinski definition) is 6. The van der Waals surface area contributed by atoms with Crippen LogP contribution in [0, 0.1) is 11.3 Å². The summed E-state index contributed by atoms with van der Waals surface area (Å²) in [6.45, 7) is 3.80. The fourth-order valence-electron chi connectivity index (χ4n) is 2.72. The number of rotatable bonds is 2. The molecule has 1 fully saturated rings. The molecule has 2 heterocycles. The molecular weight excluding hydrogens is 288 g/mol. The van der Waals surface area contributed by atoms with Crippen molar-refractivity contribution < 1.29 is 0 Å². The van der Waals surface area contributed by atoms with E-state index in [4.69, 9.17) is 16.7 Å². The summed E-state index contributed by atoms with van der Waals surface area (Å²) in [5.74, 6) is 1.18. The molecule has 1 aliphatic rings. The van der Waals surface area contributed by atoms with Crippen LogP contribution < -0.4 is 16.4 Å². The maximum absolute atomic E-state index is 8.85. The number of aromatic nitrogens is 2. The van der Waals surface area contributed by atoms with Crippen LogP contribution in [0.2, 0.25) is 0 Å². The number of anilines is 2. The van der Waals surface area contributed by atoms with E-state index in [9.17, 15) is 0 Å². The molecule has 23 heavy (non-hydrogen) atoms. The molecule has 0 saturated carbocycles. The molecular formula is C17H20N6. The van der Waals surface area contributed by atoms with E-state index in [1.807, 2.05) is 12.1 Å². The second-order valence-electron chi connectivity index (χ2n) is 6.29. The van der Waals surface area contributed by atoms with Crippen LogP contribution in [0.1, 0.15) is 25.3 Å². The average molecular weight is 308 g/mol. The van der Waals surface area contributed by atoms with Gasteiger partial charge in [-0.2, -0.15) is 5.26 Å². The predicted octanol–water partition coefficient (Wildman–Crippen LogP) is 1.92. The van der Waals surface area contributed by atoms with Gasteiger partial charge < -0.3 is 16.4 Å². The molecule has 1 aromatic heterocycles. The van der Waals surface area contributed by atoms with E-state index < -0.39 is 0 Å². The molecule has 6 heteroatoms. The van der Waals surface area contributed by atoms with E-state index in [0.29, 0.717) is 17.1 Å². The maximum Gasteiger partial charge on any atom is 0.152 e. The Morgan fingerprint density at radius 3 is 2.43 bits per heavy atom. The molecule has 1 saturated heterocycles. The molecule has 0 atom stereocenters. The maximum atomic E-state index is 8.85. The van der Waals surface area contributed by atoms with Crippen molar-refractivity contribution in [3.63, 3.8) is 0 Å². The van der Waals surface area contributed by atoms with Gasteiger partial charge >= 0.3 is 0 Å². The molecule has 4 N–H and O–H groups in total. The van der Waals surface area contributed by atoms with Gasteiger partial charge in [0, 0.05) is 24.2 Å². The third-order valence-electron chi connectivity index (χ3n) is 4.30. The van der Waals surface area contributed by atoms with Crippen molar-refractivity contribution in [1.82, 2.24) is 9.97 Å². The zero-order valence-electron chi connectivity index (χ0n) is 13.2. The van der Waals surface area contributed by atoms with Crippen molar-refractivity contribution in [2.45, 2.75) is 25.3 Å². The Balaban J connectivity index is 1.82. The zero-order valence-corrected chi connectivity index (χ0v) is 13.2. The minimum Gasteiger partial charge on any atom is -0.382 e. The Bertz CT molecular complexity index is 735. The normalized spacial score (nSPS) is 16.8. The molecule has 0 aliphatic carbocycles. The Hall–Kier alpha value is -2.65. The highest BCUT2D eigenvalue weighted by Gasteiger charge is 2.26. The van der Waals surface area contributed by atoms with Crippen LogP contribution in [0.4, 0.5) is 11.6 Å². The molecule has 0 amide bonds. The van der Waals surface area contributed by atoms with Gasteiger partial charge in [-0.25, -0.2) is 9.97 Å². The first kappa shape index (κ1) is 15.3. The Labute approximate surface area is 135 Å². The van der Waals surface area contributed by atoms with Gasteiger partial charge in [-0.05, 0) is 31.9 Å². The van der Waals surface area contributed by atoms with Gasteiger partial charge in [-0.1, -0.05) is 12.1 Å². The topological polar surface area (TPSA) is 105 Å². The summed E-state index contributed by atoms with van der Waals surface area (Å²) in [5.41, 5.74) is 14.3. The second kappa shape index (κ2) is 5.86. The molecule has 0 spiro atoms. The first-order valence-electron chi connectivity index (χ1n) is 7.65. The van der Waals surface area contributed by atoms with Crippen molar-refractivity contribution in [3.05, 3.63) is 36.0 Å². The van der Waals surface area contributed by atoms with Gasteiger partial charge in [0.2, 0.25) is 0 Å². The molecule has 6 nitrogen and oxygen atoms in total. The summed E-state index contributed by atoms with van der Waals surface area (Å²) >= 11 is 0. The summed E-state index contributed by atoms with van der Waals surface area (Å²) in [5, 5.41) is 8.85. The highest BCUT2D eigenvalue weighted by atomic mass is 15.2. The predicted molar refractivity (Wildman–Crippen MR) is 90.6 cm³/mol. The van der Waals surface area contributed by atoms with Crippen molar-refractivity contribution in [2.24, 2.45) is 5.73 Å².